The van der Waals surface area contributed by atoms with Gasteiger partial charge in [0.15, 0.2) is 0 Å². The monoisotopic (exact) mass is 278 g/mol. The highest BCUT2D eigenvalue weighted by molar-refractivity contribution is 5.60. The quantitative estimate of drug-likeness (QED) is 0.611. The molecule has 0 unspecified atom stereocenters. The van der Waals surface area contributed by atoms with Crippen LogP contribution in [0.15, 0.2) is 9.59 Å². The molecule has 0 atom stereocenters. The highest BCUT2D eigenvalue weighted by atomic mass is 16.2. The summed E-state index contributed by atoms with van der Waals surface area (Å²) < 4.78 is 2.51. The molecule has 6 nitrogen and oxygen atoms in total. The number of hydrogen-bond donors (Lipinski definition) is 2. The standard InChI is InChI=1S/C14H22N4O2/c1-5-6-7-8-16-11-12(15)18(9-10(2)3)14(20)17(4)13(11)19/h10,16H,7-9,15H2,1-4H3. The molecule has 0 aliphatic carbocycles. The molecule has 0 radical (unpaired) electrons. The summed E-state index contributed by atoms with van der Waals surface area (Å²) in [7, 11) is 1.46. The molecule has 0 fully saturated rings. The smallest absolute Gasteiger partial charge is 0.332 e. The first-order chi connectivity index (χ1) is 9.40. The van der Waals surface area contributed by atoms with Gasteiger partial charge in [-0.05, 0) is 12.8 Å². The number of nitrogens with two attached hydrogens (primary N) is 1. The Morgan fingerprint density at radius 3 is 2.55 bits per heavy atom. The Hall–Kier alpha value is -2.16. The third kappa shape index (κ3) is 3.44. The van der Waals surface area contributed by atoms with E-state index in [1.165, 1.54) is 11.6 Å². The molecule has 20 heavy (non-hydrogen) atoms. The topological polar surface area (TPSA) is 82.0 Å². The average Bonchev–Trinajstić information content (AvgIpc) is 2.40. The fraction of sp³-hybridized carbons (Fsp3) is 0.571. The van der Waals surface area contributed by atoms with Crippen LogP contribution >= 0.6 is 0 Å². The van der Waals surface area contributed by atoms with Crippen LogP contribution in [-0.4, -0.2) is 15.7 Å². The normalized spacial score (nSPS) is 10.2. The minimum Gasteiger partial charge on any atom is -0.383 e. The van der Waals surface area contributed by atoms with Crippen molar-refractivity contribution >= 4 is 11.5 Å². The van der Waals surface area contributed by atoms with Crippen LogP contribution in [0, 0.1) is 17.8 Å². The zero-order valence-corrected chi connectivity index (χ0v) is 12.5. The predicted octanol–water partition coefficient (Wildman–Crippen LogP) is 0.611. The van der Waals surface area contributed by atoms with Crippen LogP contribution in [0.2, 0.25) is 0 Å². The number of nitrogens with one attached hydrogen (secondary N) is 1. The van der Waals surface area contributed by atoms with Gasteiger partial charge in [0, 0.05) is 26.6 Å². The number of hydrogen-bond acceptors (Lipinski definition) is 4. The summed E-state index contributed by atoms with van der Waals surface area (Å²) in [6.07, 6.45) is 0.613. The Morgan fingerprint density at radius 1 is 1.35 bits per heavy atom. The Kier molecular flexibility index (Phi) is 5.44. The maximum Gasteiger partial charge on any atom is 0.332 e. The number of anilines is 2. The molecule has 0 bridgehead atoms. The van der Waals surface area contributed by atoms with E-state index < -0.39 is 5.56 Å². The van der Waals surface area contributed by atoms with Crippen molar-refractivity contribution in [2.45, 2.75) is 33.7 Å². The zero-order chi connectivity index (χ0) is 15.3. The van der Waals surface area contributed by atoms with E-state index in [1.54, 1.807) is 6.92 Å². The molecule has 0 saturated heterocycles. The highest BCUT2D eigenvalue weighted by Gasteiger charge is 2.15. The van der Waals surface area contributed by atoms with E-state index >= 15 is 0 Å². The summed E-state index contributed by atoms with van der Waals surface area (Å²) in [4.78, 5) is 24.2. The molecule has 0 aliphatic heterocycles. The zero-order valence-electron chi connectivity index (χ0n) is 12.5. The summed E-state index contributed by atoms with van der Waals surface area (Å²) in [5.41, 5.74) is 5.44. The molecule has 0 aromatic carbocycles. The Labute approximate surface area is 118 Å². The van der Waals surface area contributed by atoms with Crippen molar-refractivity contribution in [3.8, 4) is 11.8 Å². The van der Waals surface area contributed by atoms with E-state index in [0.29, 0.717) is 19.5 Å². The lowest BCUT2D eigenvalue weighted by molar-refractivity contribution is 0.494. The molecule has 1 aromatic heterocycles. The van der Waals surface area contributed by atoms with E-state index in [4.69, 9.17) is 5.73 Å². The molecule has 1 rings (SSSR count). The van der Waals surface area contributed by atoms with Gasteiger partial charge in [0.1, 0.15) is 11.5 Å². The van der Waals surface area contributed by atoms with Crippen molar-refractivity contribution in [3.05, 3.63) is 20.8 Å². The van der Waals surface area contributed by atoms with Gasteiger partial charge in [-0.1, -0.05) is 13.8 Å². The van der Waals surface area contributed by atoms with Crippen molar-refractivity contribution < 1.29 is 0 Å². The third-order valence-corrected chi connectivity index (χ3v) is 2.86. The lowest BCUT2D eigenvalue weighted by Gasteiger charge is -2.17. The van der Waals surface area contributed by atoms with Gasteiger partial charge < -0.3 is 11.1 Å². The second-order valence-electron chi connectivity index (χ2n) is 5.01. The first kappa shape index (κ1) is 15.9. The van der Waals surface area contributed by atoms with Crippen LogP contribution in [0.4, 0.5) is 11.5 Å². The maximum absolute atomic E-state index is 12.1. The van der Waals surface area contributed by atoms with Crippen LogP contribution in [0.1, 0.15) is 27.2 Å². The first-order valence-corrected chi connectivity index (χ1v) is 6.62. The van der Waals surface area contributed by atoms with Crippen LogP contribution < -0.4 is 22.3 Å². The summed E-state index contributed by atoms with van der Waals surface area (Å²) in [5.74, 6) is 6.13. The van der Waals surface area contributed by atoms with Gasteiger partial charge in [-0.15, -0.1) is 11.8 Å². The molecule has 6 heteroatoms. The molecule has 0 spiro atoms. The SMILES string of the molecule is CC#CCCNc1c(N)n(CC(C)C)c(=O)n(C)c1=O. The van der Waals surface area contributed by atoms with Crippen molar-refractivity contribution in [1.29, 1.82) is 0 Å². The minimum absolute atomic E-state index is 0.191. The summed E-state index contributed by atoms with van der Waals surface area (Å²) in [6, 6.07) is 0. The molecule has 0 aliphatic rings. The minimum atomic E-state index is -0.406. The fourth-order valence-electron chi connectivity index (χ4n) is 1.87. The number of nitrogens with zero attached hydrogens (tertiary/aromatic N) is 2. The molecular formula is C14H22N4O2. The van der Waals surface area contributed by atoms with E-state index in [2.05, 4.69) is 17.2 Å². The number of rotatable bonds is 5. The van der Waals surface area contributed by atoms with E-state index in [-0.39, 0.29) is 23.1 Å². The predicted molar refractivity (Wildman–Crippen MR) is 81.8 cm³/mol. The molecule has 110 valence electrons. The highest BCUT2D eigenvalue weighted by Crippen LogP contribution is 2.12. The second-order valence-corrected chi connectivity index (χ2v) is 5.01. The molecule has 1 heterocycles. The largest absolute Gasteiger partial charge is 0.383 e. The Bertz CT molecular complexity index is 644. The Balaban J connectivity index is 3.22. The van der Waals surface area contributed by atoms with Crippen molar-refractivity contribution in [2.75, 3.05) is 17.6 Å². The summed E-state index contributed by atoms with van der Waals surface area (Å²) in [6.45, 7) is 6.72. The molecular weight excluding hydrogens is 256 g/mol. The molecule has 0 amide bonds. The van der Waals surface area contributed by atoms with Gasteiger partial charge in [-0.3, -0.25) is 13.9 Å². The van der Waals surface area contributed by atoms with Crippen LogP contribution in [0.25, 0.3) is 0 Å². The van der Waals surface area contributed by atoms with Crippen LogP contribution in [0.3, 0.4) is 0 Å². The molecule has 0 saturated carbocycles. The van der Waals surface area contributed by atoms with Crippen molar-refractivity contribution in [2.24, 2.45) is 13.0 Å². The Morgan fingerprint density at radius 2 is 2.00 bits per heavy atom. The number of nitrogen functional groups attached to an aromatic ring is 1. The lowest BCUT2D eigenvalue weighted by Crippen LogP contribution is -2.41. The first-order valence-electron chi connectivity index (χ1n) is 6.62. The van der Waals surface area contributed by atoms with Gasteiger partial charge in [0.05, 0.1) is 0 Å². The fourth-order valence-corrected chi connectivity index (χ4v) is 1.87. The maximum atomic E-state index is 12.1. The van der Waals surface area contributed by atoms with E-state index in [0.717, 1.165) is 4.57 Å². The van der Waals surface area contributed by atoms with Crippen molar-refractivity contribution in [1.82, 2.24) is 9.13 Å². The number of aromatic nitrogens is 2. The van der Waals surface area contributed by atoms with Gasteiger partial charge >= 0.3 is 5.69 Å². The van der Waals surface area contributed by atoms with Gasteiger partial charge in [-0.2, -0.15) is 0 Å². The molecule has 3 N–H and O–H groups in total. The van der Waals surface area contributed by atoms with E-state index in [9.17, 15) is 9.59 Å². The van der Waals surface area contributed by atoms with Gasteiger partial charge in [0.2, 0.25) is 0 Å². The summed E-state index contributed by atoms with van der Waals surface area (Å²) in [5, 5.41) is 2.98. The molecule has 1 aromatic rings. The van der Waals surface area contributed by atoms with Crippen molar-refractivity contribution in [3.63, 3.8) is 0 Å². The van der Waals surface area contributed by atoms with Crippen LogP contribution in [-0.2, 0) is 13.6 Å². The third-order valence-electron chi connectivity index (χ3n) is 2.86. The van der Waals surface area contributed by atoms with E-state index in [1.807, 2.05) is 13.8 Å². The second kappa shape index (κ2) is 6.85. The average molecular weight is 278 g/mol. The van der Waals surface area contributed by atoms with Gasteiger partial charge in [0.25, 0.3) is 5.56 Å². The van der Waals surface area contributed by atoms with Crippen LogP contribution in [0.5, 0.6) is 0 Å². The van der Waals surface area contributed by atoms with Gasteiger partial charge in [-0.25, -0.2) is 4.79 Å². The summed E-state index contributed by atoms with van der Waals surface area (Å²) >= 11 is 0. The lowest BCUT2D eigenvalue weighted by atomic mass is 10.2.